The Morgan fingerprint density at radius 1 is 0.422 bits per heavy atom. The number of phosphoric ester groups is 2. The van der Waals surface area contributed by atoms with E-state index in [4.69, 9.17) is 37.0 Å². The van der Waals surface area contributed by atoms with E-state index in [0.29, 0.717) is 61.7 Å². The maximum Gasteiger partial charge on any atom is 0.377 e. The summed E-state index contributed by atoms with van der Waals surface area (Å²) < 4.78 is 45.9. The molecule has 0 fully saturated rings. The quantitative estimate of drug-likeness (QED) is 0.0263. The molecule has 0 amide bonds. The van der Waals surface area contributed by atoms with Crippen molar-refractivity contribution in [1.82, 2.24) is 0 Å². The van der Waals surface area contributed by atoms with Crippen LogP contribution in [-0.2, 0) is 37.0 Å². The molecule has 0 aromatic carbocycles. The molecule has 4 atom stereocenters. The molecule has 0 aromatic heterocycles. The smallest absolute Gasteiger partial charge is 0.377 e. The number of phosphoric acid groups is 2. The molecule has 0 saturated heterocycles. The number of ether oxygens (including phenoxy) is 4. The molecule has 0 aliphatic carbocycles. The van der Waals surface area contributed by atoms with Gasteiger partial charge >= 0.3 is 16.3 Å². The summed E-state index contributed by atoms with van der Waals surface area (Å²) in [6.45, 7) is 8.62. The van der Waals surface area contributed by atoms with Crippen LogP contribution in [0.15, 0.2) is 0 Å². The highest BCUT2D eigenvalue weighted by Crippen LogP contribution is 2.48. The van der Waals surface area contributed by atoms with Crippen LogP contribution < -0.4 is 9.79 Å². The van der Waals surface area contributed by atoms with E-state index in [1.807, 2.05) is 42.3 Å². The van der Waals surface area contributed by atoms with Crippen LogP contribution in [0.1, 0.15) is 155 Å². The fourth-order valence-corrected chi connectivity index (χ4v) is 7.51. The van der Waals surface area contributed by atoms with Gasteiger partial charge in [0.2, 0.25) is 0 Å². The summed E-state index contributed by atoms with van der Waals surface area (Å²) in [6, 6.07) is 0. The van der Waals surface area contributed by atoms with Crippen molar-refractivity contribution in [3.63, 3.8) is 0 Å². The highest BCUT2D eigenvalue weighted by atomic mass is 31.2. The molecule has 4 unspecified atom stereocenters. The highest BCUT2D eigenvalue weighted by molar-refractivity contribution is 7.53. The average Bonchev–Trinajstić information content (AvgIpc) is 3.21. The van der Waals surface area contributed by atoms with Crippen LogP contribution in [0.25, 0.3) is 0 Å². The zero-order valence-corrected chi connectivity index (χ0v) is 43.8. The normalized spacial score (nSPS) is 14.9. The van der Waals surface area contributed by atoms with Crippen LogP contribution in [-0.4, -0.2) is 152 Å². The number of hydrogen-bond acceptors (Lipinski definition) is 12. The van der Waals surface area contributed by atoms with Gasteiger partial charge in [0, 0.05) is 39.3 Å². The van der Waals surface area contributed by atoms with Gasteiger partial charge in [-0.2, -0.15) is 27.9 Å². The van der Waals surface area contributed by atoms with Crippen molar-refractivity contribution in [2.75, 3.05) is 121 Å². The van der Waals surface area contributed by atoms with Crippen molar-refractivity contribution in [2.24, 2.45) is 0 Å². The van der Waals surface area contributed by atoms with Crippen LogP contribution in [0.4, 0.5) is 0 Å². The van der Waals surface area contributed by atoms with E-state index in [1.165, 1.54) is 51.4 Å². The first-order valence-electron chi connectivity index (χ1n) is 24.7. The molecule has 0 radical (unpaired) electrons. The molecule has 378 valence electrons. The number of quaternary nitrogens is 2. The number of rotatable bonds is 46. The monoisotopic (exact) mass is 955 g/mol. The average molecular weight is 955 g/mol. The first-order chi connectivity index (χ1) is 30.5. The molecular weight excluding hydrogens is 858 g/mol. The van der Waals surface area contributed by atoms with Crippen molar-refractivity contribution in [3.8, 4) is 23.7 Å². The van der Waals surface area contributed by atoms with Crippen LogP contribution in [0.5, 0.6) is 0 Å². The van der Waals surface area contributed by atoms with Crippen molar-refractivity contribution in [2.45, 2.75) is 167 Å². The predicted molar refractivity (Wildman–Crippen MR) is 257 cm³/mol. The Morgan fingerprint density at radius 2 is 0.750 bits per heavy atom. The minimum absolute atomic E-state index is 0.0606. The molecule has 0 aliphatic heterocycles. The van der Waals surface area contributed by atoms with E-state index in [0.717, 1.165) is 89.9 Å². The van der Waals surface area contributed by atoms with Crippen LogP contribution in [0.2, 0.25) is 0 Å². The largest absolute Gasteiger partial charge is 0.606 e. The lowest BCUT2D eigenvalue weighted by molar-refractivity contribution is -0.870. The second-order valence-corrected chi connectivity index (χ2v) is 21.7. The van der Waals surface area contributed by atoms with E-state index in [9.17, 15) is 19.6 Å². The van der Waals surface area contributed by atoms with Gasteiger partial charge in [0.25, 0.3) is 0 Å². The van der Waals surface area contributed by atoms with Gasteiger partial charge in [-0.1, -0.05) is 116 Å². The van der Waals surface area contributed by atoms with Crippen molar-refractivity contribution >= 4 is 16.3 Å². The van der Waals surface area contributed by atoms with Gasteiger partial charge in [0.05, 0.1) is 55.5 Å². The summed E-state index contributed by atoms with van der Waals surface area (Å²) in [5, 5.41) is 0. The van der Waals surface area contributed by atoms with Gasteiger partial charge < -0.3 is 37.7 Å². The number of nitrogens with zero attached hydrogens (tertiary/aromatic N) is 2. The maximum atomic E-state index is 12.4. The fourth-order valence-electron chi connectivity index (χ4n) is 6.03. The molecule has 0 aliphatic rings. The second kappa shape index (κ2) is 41.4. The minimum Gasteiger partial charge on any atom is -0.606 e. The van der Waals surface area contributed by atoms with Crippen LogP contribution in [0, 0.1) is 23.7 Å². The Labute approximate surface area is 393 Å². The molecule has 16 heteroatoms. The predicted octanol–water partition coefficient (Wildman–Crippen LogP) is 7.96. The topological polar surface area (TPSA) is 160 Å². The molecule has 14 nitrogen and oxygen atoms in total. The lowest BCUT2D eigenvalue weighted by Crippen LogP contribution is -2.38. The van der Waals surface area contributed by atoms with Crippen LogP contribution in [0.3, 0.4) is 0 Å². The summed E-state index contributed by atoms with van der Waals surface area (Å²) >= 11 is 0. The molecule has 0 heterocycles. The summed E-state index contributed by atoms with van der Waals surface area (Å²) in [5.74, 6) is 12.3. The molecule has 0 aromatic rings. The lowest BCUT2D eigenvalue weighted by Gasteiger charge is -2.26. The molecular formula is C48H96N2O12P2+2. The van der Waals surface area contributed by atoms with Gasteiger partial charge in [0.1, 0.15) is 51.7 Å². The second-order valence-electron chi connectivity index (χ2n) is 18.8. The van der Waals surface area contributed by atoms with Gasteiger partial charge in [-0.15, -0.1) is 0 Å². The van der Waals surface area contributed by atoms with E-state index >= 15 is 0 Å². The fraction of sp³-hybridized carbons (Fsp3) is 0.917. The van der Waals surface area contributed by atoms with Crippen molar-refractivity contribution < 1.29 is 65.6 Å². The standard InChI is InChI=1S/C48H94N2O12P2/c1-9-11-13-15-29-33-39-57-47(45-61-63(51,52)59-41-35-49(3,4)5)43-55-37-31-27-25-23-21-19-17-18-20-22-24-26-28-32-38-56-44-48(58-40-34-30-16-14-12-10-2)46-62-64(53,54)60-42-36-50(6,7)8/h47-48H,9-16,21-46H2,1-8H3/p+2. The highest BCUT2D eigenvalue weighted by Gasteiger charge is 2.31. The molecule has 64 heavy (non-hydrogen) atoms. The van der Waals surface area contributed by atoms with E-state index < -0.39 is 28.5 Å². The van der Waals surface area contributed by atoms with E-state index in [1.54, 1.807) is 0 Å². The molecule has 0 rings (SSSR count). The Hall–Kier alpha value is -0.580. The lowest BCUT2D eigenvalue weighted by atomic mass is 10.1. The zero-order valence-electron chi connectivity index (χ0n) is 42.0. The van der Waals surface area contributed by atoms with Crippen molar-refractivity contribution in [3.05, 3.63) is 0 Å². The number of likely N-dealkylation sites (N-methyl/N-ethyl adjacent to an activating group) is 2. The summed E-state index contributed by atoms with van der Waals surface area (Å²) in [5.41, 5.74) is 0. The summed E-state index contributed by atoms with van der Waals surface area (Å²) in [6.07, 6.45) is 22.7. The first-order valence-corrected chi connectivity index (χ1v) is 27.7. The molecule has 0 spiro atoms. The third kappa shape index (κ3) is 47.9. The Balaban J connectivity index is 4.27. The Morgan fingerprint density at radius 3 is 1.11 bits per heavy atom. The van der Waals surface area contributed by atoms with Gasteiger partial charge in [-0.05, 0) is 50.4 Å². The molecule has 0 bridgehead atoms. The number of hydrogen-bond donors (Lipinski definition) is 2. The molecule has 0 saturated carbocycles. The summed E-state index contributed by atoms with van der Waals surface area (Å²) in [7, 11) is 3.60. The van der Waals surface area contributed by atoms with Gasteiger partial charge in [-0.25, -0.2) is 0 Å². The van der Waals surface area contributed by atoms with Gasteiger partial charge in [-0.3, -0.25) is 0 Å². The summed E-state index contributed by atoms with van der Waals surface area (Å²) in [4.78, 5) is 45.2. The van der Waals surface area contributed by atoms with E-state index in [2.05, 4.69) is 37.5 Å². The third-order valence-corrected chi connectivity index (χ3v) is 12.1. The molecule has 2 N–H and O–H groups in total. The van der Waals surface area contributed by atoms with Crippen LogP contribution >= 0.6 is 16.3 Å². The maximum absolute atomic E-state index is 12.4. The van der Waals surface area contributed by atoms with E-state index in [-0.39, 0.29) is 26.4 Å². The Kier molecular flexibility index (Phi) is 41.0. The van der Waals surface area contributed by atoms with Crippen molar-refractivity contribution in [1.29, 1.82) is 0 Å². The zero-order chi connectivity index (χ0) is 47.7. The van der Waals surface area contributed by atoms with Gasteiger partial charge in [0.15, 0.2) is 0 Å². The Bertz CT molecular complexity index is 1090. The number of unbranched alkanes of at least 4 members (excludes halogenated alkanes) is 18. The third-order valence-electron chi connectivity index (χ3n) is 10.1. The SMILES string of the molecule is CCCCCCCCOC(COCCCCCCC#CC#CCCCCCCOCC(CO[P+]([O-])(O)OCC[N+](C)(C)C)OCCCCCCCC)CO[P+]([O-])(O)OCC[N+](C)(C)C. The minimum atomic E-state index is -4.17. The first kappa shape index (κ1) is 63.4.